The lowest BCUT2D eigenvalue weighted by Gasteiger charge is -2.41. The number of methoxy groups -OCH3 is 1. The van der Waals surface area contributed by atoms with Crippen LogP contribution in [0.5, 0.6) is 5.75 Å². The molecule has 110 valence electrons. The van der Waals surface area contributed by atoms with E-state index < -0.39 is 0 Å². The Balaban J connectivity index is 1.69. The van der Waals surface area contributed by atoms with Crippen molar-refractivity contribution in [1.82, 2.24) is 9.21 Å². The number of hydrogen-bond donors (Lipinski definition) is 0. The lowest BCUT2D eigenvalue weighted by molar-refractivity contribution is -0.0843. The predicted molar refractivity (Wildman–Crippen MR) is 81.0 cm³/mol. The van der Waals surface area contributed by atoms with Gasteiger partial charge in [-0.15, -0.1) is 0 Å². The van der Waals surface area contributed by atoms with Crippen molar-refractivity contribution in [3.63, 3.8) is 0 Å². The highest BCUT2D eigenvalue weighted by Gasteiger charge is 2.44. The number of hydrogen-bond acceptors (Lipinski definition) is 5. The number of nitrogens with zero attached hydrogens (tertiary/aromatic N) is 2. The highest BCUT2D eigenvalue weighted by atomic mass is 32.2. The third kappa shape index (κ3) is 2.81. The van der Waals surface area contributed by atoms with E-state index in [4.69, 9.17) is 9.47 Å². The van der Waals surface area contributed by atoms with Gasteiger partial charge in [-0.1, -0.05) is 0 Å². The lowest BCUT2D eigenvalue weighted by atomic mass is 10.0. The first kappa shape index (κ1) is 14.2. The van der Waals surface area contributed by atoms with Gasteiger partial charge in [0.25, 0.3) is 0 Å². The molecule has 0 atom stereocenters. The highest BCUT2D eigenvalue weighted by Crippen LogP contribution is 2.41. The smallest absolute Gasteiger partial charge is 0.133 e. The molecular formula is C15H22N2O2S. The summed E-state index contributed by atoms with van der Waals surface area (Å²) in [6.45, 7) is 4.06. The SMILES string of the molecule is COc1ccc(SN2CCOC23CCN(C)CC3)cc1. The molecule has 5 heteroatoms. The van der Waals surface area contributed by atoms with E-state index in [0.717, 1.165) is 44.8 Å². The van der Waals surface area contributed by atoms with Crippen LogP contribution in [-0.2, 0) is 4.74 Å². The van der Waals surface area contributed by atoms with Crippen LogP contribution in [0.4, 0.5) is 0 Å². The van der Waals surface area contributed by atoms with E-state index in [1.165, 1.54) is 4.90 Å². The maximum absolute atomic E-state index is 6.11. The van der Waals surface area contributed by atoms with Gasteiger partial charge in [0.1, 0.15) is 11.5 Å². The summed E-state index contributed by atoms with van der Waals surface area (Å²) < 4.78 is 13.8. The highest BCUT2D eigenvalue weighted by molar-refractivity contribution is 7.97. The number of piperidine rings is 1. The fourth-order valence-electron chi connectivity index (χ4n) is 2.85. The van der Waals surface area contributed by atoms with Gasteiger partial charge >= 0.3 is 0 Å². The molecule has 0 amide bonds. The van der Waals surface area contributed by atoms with Gasteiger partial charge < -0.3 is 14.4 Å². The average molecular weight is 294 g/mol. The van der Waals surface area contributed by atoms with E-state index in [1.807, 2.05) is 24.1 Å². The number of benzene rings is 1. The molecule has 2 fully saturated rings. The first-order chi connectivity index (χ1) is 9.72. The van der Waals surface area contributed by atoms with Crippen molar-refractivity contribution in [2.75, 3.05) is 40.4 Å². The largest absolute Gasteiger partial charge is 0.497 e. The Morgan fingerprint density at radius 2 is 1.85 bits per heavy atom. The molecule has 0 aromatic heterocycles. The van der Waals surface area contributed by atoms with Crippen molar-refractivity contribution in [3.8, 4) is 5.75 Å². The topological polar surface area (TPSA) is 24.9 Å². The second-order valence-corrected chi connectivity index (χ2v) is 6.56. The molecule has 2 aliphatic heterocycles. The fourth-order valence-corrected chi connectivity index (χ4v) is 3.93. The van der Waals surface area contributed by atoms with Crippen molar-refractivity contribution in [3.05, 3.63) is 24.3 Å². The van der Waals surface area contributed by atoms with Crippen molar-refractivity contribution in [1.29, 1.82) is 0 Å². The molecular weight excluding hydrogens is 272 g/mol. The minimum Gasteiger partial charge on any atom is -0.497 e. The van der Waals surface area contributed by atoms with Crippen molar-refractivity contribution < 1.29 is 9.47 Å². The Bertz CT molecular complexity index is 444. The van der Waals surface area contributed by atoms with Crippen LogP contribution in [0.2, 0.25) is 0 Å². The van der Waals surface area contributed by atoms with Gasteiger partial charge in [0, 0.05) is 37.4 Å². The average Bonchev–Trinajstić information content (AvgIpc) is 2.86. The maximum atomic E-state index is 6.11. The third-order valence-electron chi connectivity index (χ3n) is 4.16. The van der Waals surface area contributed by atoms with Crippen LogP contribution in [0.3, 0.4) is 0 Å². The Hall–Kier alpha value is -0.750. The Morgan fingerprint density at radius 1 is 1.15 bits per heavy atom. The first-order valence-corrected chi connectivity index (χ1v) is 7.91. The molecule has 2 heterocycles. The van der Waals surface area contributed by atoms with Crippen LogP contribution < -0.4 is 4.74 Å². The van der Waals surface area contributed by atoms with Gasteiger partial charge in [-0.05, 0) is 43.3 Å². The molecule has 20 heavy (non-hydrogen) atoms. The van der Waals surface area contributed by atoms with Crippen LogP contribution in [0.15, 0.2) is 29.2 Å². The minimum absolute atomic E-state index is 0.0584. The summed E-state index contributed by atoms with van der Waals surface area (Å²) in [6, 6.07) is 8.26. The number of rotatable bonds is 3. The standard InChI is InChI=1S/C15H22N2O2S/c1-16-9-7-15(8-10-16)17(11-12-19-15)20-14-5-3-13(18-2)4-6-14/h3-6H,7-12H2,1-2H3. The minimum atomic E-state index is -0.0584. The normalized spacial score (nSPS) is 23.3. The molecule has 3 rings (SSSR count). The molecule has 0 unspecified atom stereocenters. The molecule has 1 aromatic rings. The van der Waals surface area contributed by atoms with Gasteiger partial charge in [0.15, 0.2) is 0 Å². The van der Waals surface area contributed by atoms with E-state index in [0.29, 0.717) is 0 Å². The van der Waals surface area contributed by atoms with Gasteiger partial charge in [-0.3, -0.25) is 0 Å². The van der Waals surface area contributed by atoms with Crippen LogP contribution >= 0.6 is 11.9 Å². The van der Waals surface area contributed by atoms with E-state index in [-0.39, 0.29) is 5.72 Å². The maximum Gasteiger partial charge on any atom is 0.133 e. The zero-order valence-electron chi connectivity index (χ0n) is 12.2. The van der Waals surface area contributed by atoms with Gasteiger partial charge in [0.2, 0.25) is 0 Å². The number of likely N-dealkylation sites (tertiary alicyclic amines) is 1. The Morgan fingerprint density at radius 3 is 2.50 bits per heavy atom. The number of ether oxygens (including phenoxy) is 2. The summed E-state index contributed by atoms with van der Waals surface area (Å²) >= 11 is 1.81. The van der Waals surface area contributed by atoms with E-state index in [9.17, 15) is 0 Å². The quantitative estimate of drug-likeness (QED) is 0.798. The molecule has 2 aliphatic rings. The zero-order chi connectivity index (χ0) is 14.0. The molecule has 0 aliphatic carbocycles. The van der Waals surface area contributed by atoms with Crippen molar-refractivity contribution in [2.45, 2.75) is 23.5 Å². The molecule has 4 nitrogen and oxygen atoms in total. The summed E-state index contributed by atoms with van der Waals surface area (Å²) in [5, 5.41) is 0. The predicted octanol–water partition coefficient (Wildman–Crippen LogP) is 2.46. The second kappa shape index (κ2) is 5.93. The third-order valence-corrected chi connectivity index (χ3v) is 5.38. The van der Waals surface area contributed by atoms with Crippen molar-refractivity contribution >= 4 is 11.9 Å². The molecule has 1 spiro atoms. The zero-order valence-corrected chi connectivity index (χ0v) is 13.0. The van der Waals surface area contributed by atoms with Gasteiger partial charge in [0.05, 0.1) is 13.7 Å². The summed E-state index contributed by atoms with van der Waals surface area (Å²) in [5.41, 5.74) is -0.0584. The van der Waals surface area contributed by atoms with Crippen molar-refractivity contribution in [2.24, 2.45) is 0 Å². The summed E-state index contributed by atoms with van der Waals surface area (Å²) in [4.78, 5) is 3.62. The molecule has 0 saturated carbocycles. The fraction of sp³-hybridized carbons (Fsp3) is 0.600. The van der Waals surface area contributed by atoms with Gasteiger partial charge in [-0.2, -0.15) is 0 Å². The van der Waals surface area contributed by atoms with E-state index in [1.54, 1.807) is 7.11 Å². The van der Waals surface area contributed by atoms with Crippen LogP contribution in [0, 0.1) is 0 Å². The van der Waals surface area contributed by atoms with Crippen LogP contribution in [0.25, 0.3) is 0 Å². The molecule has 0 bridgehead atoms. The summed E-state index contributed by atoms with van der Waals surface area (Å²) in [6.07, 6.45) is 2.18. The summed E-state index contributed by atoms with van der Waals surface area (Å²) in [5.74, 6) is 0.904. The molecule has 1 aromatic carbocycles. The lowest BCUT2D eigenvalue weighted by Crippen LogP contribution is -2.49. The van der Waals surface area contributed by atoms with Crippen LogP contribution in [0.1, 0.15) is 12.8 Å². The first-order valence-electron chi connectivity index (χ1n) is 7.14. The van der Waals surface area contributed by atoms with E-state index in [2.05, 4.69) is 28.4 Å². The second-order valence-electron chi connectivity index (χ2n) is 5.47. The molecule has 0 radical (unpaired) electrons. The van der Waals surface area contributed by atoms with Gasteiger partial charge in [-0.25, -0.2) is 4.31 Å². The Kier molecular flexibility index (Phi) is 4.21. The molecule has 0 N–H and O–H groups in total. The van der Waals surface area contributed by atoms with Crippen LogP contribution in [-0.4, -0.2) is 55.3 Å². The monoisotopic (exact) mass is 294 g/mol. The Labute approximate surface area is 125 Å². The summed E-state index contributed by atoms with van der Waals surface area (Å²) in [7, 11) is 3.88. The van der Waals surface area contributed by atoms with E-state index >= 15 is 0 Å². The molecule has 2 saturated heterocycles.